The van der Waals surface area contributed by atoms with Crippen LogP contribution in [-0.2, 0) is 4.79 Å². The van der Waals surface area contributed by atoms with Gasteiger partial charge in [0.05, 0.1) is 5.75 Å². The van der Waals surface area contributed by atoms with Gasteiger partial charge in [-0.2, -0.15) is 0 Å². The summed E-state index contributed by atoms with van der Waals surface area (Å²) in [5.41, 5.74) is 1.25. The molecule has 1 fully saturated rings. The maximum absolute atomic E-state index is 11.8. The Bertz CT molecular complexity index is 427. The molecule has 21 heavy (non-hydrogen) atoms. The van der Waals surface area contributed by atoms with Gasteiger partial charge in [-0.1, -0.05) is 17.7 Å². The van der Waals surface area contributed by atoms with E-state index in [1.807, 2.05) is 0 Å². The van der Waals surface area contributed by atoms with E-state index in [-0.39, 0.29) is 5.91 Å². The van der Waals surface area contributed by atoms with E-state index in [0.717, 1.165) is 17.9 Å². The van der Waals surface area contributed by atoms with Crippen LogP contribution in [0.15, 0.2) is 29.2 Å². The first-order valence-corrected chi connectivity index (χ1v) is 8.91. The predicted molar refractivity (Wildman–Crippen MR) is 89.8 cm³/mol. The summed E-state index contributed by atoms with van der Waals surface area (Å²) in [6.07, 6.45) is 4.97. The summed E-state index contributed by atoms with van der Waals surface area (Å²) in [4.78, 5) is 15.4. The van der Waals surface area contributed by atoms with E-state index >= 15 is 0 Å². The third-order valence-corrected chi connectivity index (χ3v) is 4.82. The minimum Gasteiger partial charge on any atom is -0.355 e. The fraction of sp³-hybridized carbons (Fsp3) is 0.588. The Hall–Kier alpha value is -1.00. The SMILES string of the molecule is Cc1ccc(SCC(=O)NCCCCN2CCCC2)cc1. The lowest BCUT2D eigenvalue weighted by Gasteiger charge is -2.13. The van der Waals surface area contributed by atoms with Crippen LogP contribution < -0.4 is 5.32 Å². The number of nitrogens with one attached hydrogen (secondary N) is 1. The zero-order chi connectivity index (χ0) is 14.9. The number of unbranched alkanes of at least 4 members (excludes halogenated alkanes) is 1. The molecular formula is C17H26N2OS. The molecule has 1 aliphatic heterocycles. The van der Waals surface area contributed by atoms with Crippen LogP contribution in [0.5, 0.6) is 0 Å². The second-order valence-electron chi connectivity index (χ2n) is 5.71. The molecule has 4 heteroatoms. The third kappa shape index (κ3) is 6.53. The summed E-state index contributed by atoms with van der Waals surface area (Å²) in [5, 5.41) is 3.01. The summed E-state index contributed by atoms with van der Waals surface area (Å²) in [5.74, 6) is 0.650. The summed E-state index contributed by atoms with van der Waals surface area (Å²) in [7, 11) is 0. The largest absolute Gasteiger partial charge is 0.355 e. The zero-order valence-electron chi connectivity index (χ0n) is 12.9. The van der Waals surface area contributed by atoms with Gasteiger partial charge in [0.1, 0.15) is 0 Å². The van der Waals surface area contributed by atoms with Gasteiger partial charge in [-0.25, -0.2) is 0 Å². The van der Waals surface area contributed by atoms with E-state index in [4.69, 9.17) is 0 Å². The van der Waals surface area contributed by atoms with E-state index in [2.05, 4.69) is 41.4 Å². The van der Waals surface area contributed by atoms with Crippen LogP contribution in [0, 0.1) is 6.92 Å². The normalized spacial score (nSPS) is 15.3. The van der Waals surface area contributed by atoms with Crippen molar-refractivity contribution in [3.05, 3.63) is 29.8 Å². The monoisotopic (exact) mass is 306 g/mol. The Labute approximate surface area is 132 Å². The number of amides is 1. The van der Waals surface area contributed by atoms with Gasteiger partial charge in [0, 0.05) is 11.4 Å². The second-order valence-corrected chi connectivity index (χ2v) is 6.76. The number of likely N-dealkylation sites (tertiary alicyclic amines) is 1. The van der Waals surface area contributed by atoms with E-state index in [1.54, 1.807) is 11.8 Å². The number of nitrogens with zero attached hydrogens (tertiary/aromatic N) is 1. The standard InChI is InChI=1S/C17H26N2OS/c1-15-6-8-16(9-7-15)21-14-17(20)18-10-2-3-11-19-12-4-5-13-19/h6-9H,2-5,10-14H2,1H3,(H,18,20). The summed E-state index contributed by atoms with van der Waals surface area (Å²) < 4.78 is 0. The second kappa shape index (κ2) is 9.11. The molecule has 0 aliphatic carbocycles. The van der Waals surface area contributed by atoms with Gasteiger partial charge in [-0.3, -0.25) is 4.79 Å². The lowest BCUT2D eigenvalue weighted by molar-refractivity contribution is -0.118. The lowest BCUT2D eigenvalue weighted by atomic mass is 10.2. The molecule has 1 N–H and O–H groups in total. The zero-order valence-corrected chi connectivity index (χ0v) is 13.8. The number of benzene rings is 1. The summed E-state index contributed by atoms with van der Waals surface area (Å²) >= 11 is 1.60. The first-order valence-electron chi connectivity index (χ1n) is 7.92. The Morgan fingerprint density at radius 2 is 1.90 bits per heavy atom. The number of thioether (sulfide) groups is 1. The predicted octanol–water partition coefficient (Wildman–Crippen LogP) is 3.08. The smallest absolute Gasteiger partial charge is 0.230 e. The van der Waals surface area contributed by atoms with Gasteiger partial charge in [-0.15, -0.1) is 11.8 Å². The highest BCUT2D eigenvalue weighted by atomic mass is 32.2. The Kier molecular flexibility index (Phi) is 7.10. The van der Waals surface area contributed by atoms with Crippen molar-refractivity contribution in [1.82, 2.24) is 10.2 Å². The molecule has 1 aliphatic rings. The third-order valence-electron chi connectivity index (χ3n) is 3.81. The highest BCUT2D eigenvalue weighted by Crippen LogP contribution is 2.17. The molecule has 0 atom stereocenters. The van der Waals surface area contributed by atoms with Crippen LogP contribution in [0.2, 0.25) is 0 Å². The Morgan fingerprint density at radius 3 is 2.62 bits per heavy atom. The van der Waals surface area contributed by atoms with E-state index in [1.165, 1.54) is 44.5 Å². The minimum atomic E-state index is 0.141. The molecule has 1 heterocycles. The van der Waals surface area contributed by atoms with Crippen molar-refractivity contribution in [3.63, 3.8) is 0 Å². The van der Waals surface area contributed by atoms with Gasteiger partial charge in [-0.05, 0) is 64.4 Å². The van der Waals surface area contributed by atoms with Gasteiger partial charge < -0.3 is 10.2 Å². The molecular weight excluding hydrogens is 280 g/mol. The molecule has 0 unspecified atom stereocenters. The molecule has 0 aromatic heterocycles. The highest BCUT2D eigenvalue weighted by Gasteiger charge is 2.10. The molecule has 1 aromatic carbocycles. The van der Waals surface area contributed by atoms with Crippen LogP contribution >= 0.6 is 11.8 Å². The van der Waals surface area contributed by atoms with E-state index in [0.29, 0.717) is 5.75 Å². The average Bonchev–Trinajstić information content (AvgIpc) is 2.99. The number of rotatable bonds is 8. The average molecular weight is 306 g/mol. The fourth-order valence-electron chi connectivity index (χ4n) is 2.53. The Morgan fingerprint density at radius 1 is 1.19 bits per heavy atom. The number of hydrogen-bond acceptors (Lipinski definition) is 3. The van der Waals surface area contributed by atoms with Crippen LogP contribution in [0.3, 0.4) is 0 Å². The van der Waals surface area contributed by atoms with Crippen LogP contribution in [-0.4, -0.2) is 42.7 Å². The first-order chi connectivity index (χ1) is 10.2. The molecule has 0 saturated carbocycles. The fourth-order valence-corrected chi connectivity index (χ4v) is 3.26. The molecule has 1 amide bonds. The maximum Gasteiger partial charge on any atom is 0.230 e. The van der Waals surface area contributed by atoms with Crippen molar-refractivity contribution < 1.29 is 4.79 Å². The summed E-state index contributed by atoms with van der Waals surface area (Å²) in [6.45, 7) is 6.59. The van der Waals surface area contributed by atoms with Crippen LogP contribution in [0.25, 0.3) is 0 Å². The lowest BCUT2D eigenvalue weighted by Crippen LogP contribution is -2.27. The number of aryl methyl sites for hydroxylation is 1. The van der Waals surface area contributed by atoms with Gasteiger partial charge in [0.15, 0.2) is 0 Å². The first kappa shape index (κ1) is 16.4. The maximum atomic E-state index is 11.8. The Balaban J connectivity index is 1.50. The van der Waals surface area contributed by atoms with Crippen LogP contribution in [0.1, 0.15) is 31.2 Å². The highest BCUT2D eigenvalue weighted by molar-refractivity contribution is 8.00. The molecule has 2 rings (SSSR count). The van der Waals surface area contributed by atoms with Crippen molar-refractivity contribution in [2.45, 2.75) is 37.5 Å². The molecule has 0 spiro atoms. The van der Waals surface area contributed by atoms with E-state index < -0.39 is 0 Å². The molecule has 0 bridgehead atoms. The number of carbonyl (C=O) groups excluding carboxylic acids is 1. The topological polar surface area (TPSA) is 32.3 Å². The van der Waals surface area contributed by atoms with Gasteiger partial charge in [0.25, 0.3) is 0 Å². The summed E-state index contributed by atoms with van der Waals surface area (Å²) in [6, 6.07) is 8.31. The van der Waals surface area contributed by atoms with Gasteiger partial charge in [0.2, 0.25) is 5.91 Å². The molecule has 116 valence electrons. The molecule has 1 aromatic rings. The van der Waals surface area contributed by atoms with Crippen molar-refractivity contribution in [3.8, 4) is 0 Å². The van der Waals surface area contributed by atoms with E-state index in [9.17, 15) is 4.79 Å². The molecule has 3 nitrogen and oxygen atoms in total. The van der Waals surface area contributed by atoms with Gasteiger partial charge >= 0.3 is 0 Å². The molecule has 0 radical (unpaired) electrons. The van der Waals surface area contributed by atoms with Crippen molar-refractivity contribution in [2.75, 3.05) is 31.9 Å². The van der Waals surface area contributed by atoms with Crippen molar-refractivity contribution in [2.24, 2.45) is 0 Å². The number of hydrogen-bond donors (Lipinski definition) is 1. The van der Waals surface area contributed by atoms with Crippen molar-refractivity contribution >= 4 is 17.7 Å². The van der Waals surface area contributed by atoms with Crippen LogP contribution in [0.4, 0.5) is 0 Å². The quantitative estimate of drug-likeness (QED) is 0.592. The minimum absolute atomic E-state index is 0.141. The van der Waals surface area contributed by atoms with Crippen molar-refractivity contribution in [1.29, 1.82) is 0 Å². The molecule has 1 saturated heterocycles. The number of carbonyl (C=O) groups is 1.